The van der Waals surface area contributed by atoms with Crippen LogP contribution in [0, 0.1) is 11.6 Å². The van der Waals surface area contributed by atoms with Gasteiger partial charge in [0.25, 0.3) is 5.91 Å². The largest absolute Gasteiger partial charge is 0.270 e. The van der Waals surface area contributed by atoms with Crippen molar-refractivity contribution >= 4 is 46.0 Å². The number of carbonyl (C=O) groups excluding carboxylic acids is 1. The topological polar surface area (TPSA) is 20.3 Å². The lowest BCUT2D eigenvalue weighted by Gasteiger charge is -2.14. The van der Waals surface area contributed by atoms with Gasteiger partial charge >= 0.3 is 0 Å². The molecule has 0 unspecified atom stereocenters. The van der Waals surface area contributed by atoms with Crippen molar-refractivity contribution in [3.8, 4) is 0 Å². The summed E-state index contributed by atoms with van der Waals surface area (Å²) in [6.07, 6.45) is 1.54. The SMILES string of the molecule is O=C1C(=Cc2cccc(F)c2)SC(=S)N1c1ccccc1F. The number of para-hydroxylation sites is 1. The Morgan fingerprint density at radius 1 is 1.09 bits per heavy atom. The van der Waals surface area contributed by atoms with E-state index in [1.54, 1.807) is 30.3 Å². The molecule has 1 fully saturated rings. The van der Waals surface area contributed by atoms with E-state index in [-0.39, 0.29) is 10.0 Å². The fourth-order valence-electron chi connectivity index (χ4n) is 2.06. The molecule has 1 aliphatic heterocycles. The van der Waals surface area contributed by atoms with Gasteiger partial charge in [-0.3, -0.25) is 9.69 Å². The van der Waals surface area contributed by atoms with Crippen LogP contribution < -0.4 is 4.90 Å². The minimum atomic E-state index is -0.522. The Labute approximate surface area is 135 Å². The molecule has 2 nitrogen and oxygen atoms in total. The Hall–Kier alpha value is -2.05. The van der Waals surface area contributed by atoms with Crippen molar-refractivity contribution < 1.29 is 13.6 Å². The average Bonchev–Trinajstić information content (AvgIpc) is 2.74. The highest BCUT2D eigenvalue weighted by Gasteiger charge is 2.34. The lowest BCUT2D eigenvalue weighted by atomic mass is 10.2. The van der Waals surface area contributed by atoms with Gasteiger partial charge in [-0.05, 0) is 35.9 Å². The number of hydrogen-bond donors (Lipinski definition) is 0. The first-order valence-corrected chi connectivity index (χ1v) is 7.57. The molecule has 3 rings (SSSR count). The second-order valence-electron chi connectivity index (χ2n) is 4.52. The molecule has 0 radical (unpaired) electrons. The molecule has 1 saturated heterocycles. The zero-order valence-corrected chi connectivity index (χ0v) is 12.8. The van der Waals surface area contributed by atoms with Gasteiger partial charge in [0.15, 0.2) is 4.32 Å². The lowest BCUT2D eigenvalue weighted by Crippen LogP contribution is -2.28. The van der Waals surface area contributed by atoms with E-state index in [1.165, 1.54) is 24.3 Å². The molecule has 0 aliphatic carbocycles. The van der Waals surface area contributed by atoms with E-state index < -0.39 is 17.5 Å². The zero-order chi connectivity index (χ0) is 15.7. The number of carbonyl (C=O) groups is 1. The predicted octanol–water partition coefficient (Wildman–Crippen LogP) is 4.37. The van der Waals surface area contributed by atoms with Gasteiger partial charge in [0.2, 0.25) is 0 Å². The number of benzene rings is 2. The number of nitrogens with zero attached hydrogens (tertiary/aromatic N) is 1. The van der Waals surface area contributed by atoms with Crippen LogP contribution in [0.25, 0.3) is 6.08 Å². The Bertz CT molecular complexity index is 804. The fraction of sp³-hybridized carbons (Fsp3) is 0. The molecule has 0 aromatic heterocycles. The van der Waals surface area contributed by atoms with E-state index in [2.05, 4.69) is 0 Å². The summed E-state index contributed by atoms with van der Waals surface area (Å²) in [5, 5.41) is 0. The van der Waals surface area contributed by atoms with Crippen molar-refractivity contribution in [2.75, 3.05) is 4.90 Å². The molecule has 0 bridgehead atoms. The van der Waals surface area contributed by atoms with Crippen LogP contribution in [0.5, 0.6) is 0 Å². The average molecular weight is 333 g/mol. The summed E-state index contributed by atoms with van der Waals surface area (Å²) >= 11 is 6.23. The maximum absolute atomic E-state index is 13.9. The summed E-state index contributed by atoms with van der Waals surface area (Å²) in [4.78, 5) is 13.9. The van der Waals surface area contributed by atoms with Crippen LogP contribution >= 0.6 is 24.0 Å². The van der Waals surface area contributed by atoms with Crippen molar-refractivity contribution in [2.24, 2.45) is 0 Å². The third kappa shape index (κ3) is 2.80. The van der Waals surface area contributed by atoms with E-state index >= 15 is 0 Å². The maximum Gasteiger partial charge on any atom is 0.270 e. The van der Waals surface area contributed by atoms with Gasteiger partial charge in [-0.25, -0.2) is 8.78 Å². The molecule has 22 heavy (non-hydrogen) atoms. The first kappa shape index (κ1) is 14.9. The standard InChI is InChI=1S/C16H9F2NOS2/c17-11-5-3-4-10(8-11)9-14-15(20)19(16(21)22-14)13-7-2-1-6-12(13)18/h1-9H. The van der Waals surface area contributed by atoms with Gasteiger partial charge in [-0.2, -0.15) is 0 Å². The van der Waals surface area contributed by atoms with E-state index in [0.717, 1.165) is 16.7 Å². The number of thioether (sulfide) groups is 1. The molecule has 0 atom stereocenters. The lowest BCUT2D eigenvalue weighted by molar-refractivity contribution is -0.113. The second-order valence-corrected chi connectivity index (χ2v) is 6.20. The number of thiocarbonyl (C=S) groups is 1. The van der Waals surface area contributed by atoms with E-state index in [4.69, 9.17) is 12.2 Å². The molecule has 1 aliphatic rings. The van der Waals surface area contributed by atoms with Crippen molar-refractivity contribution in [3.05, 3.63) is 70.6 Å². The van der Waals surface area contributed by atoms with Crippen LogP contribution in [0.1, 0.15) is 5.56 Å². The summed E-state index contributed by atoms with van der Waals surface area (Å²) in [7, 11) is 0. The van der Waals surface area contributed by atoms with Gasteiger partial charge < -0.3 is 0 Å². The Morgan fingerprint density at radius 3 is 2.59 bits per heavy atom. The second kappa shape index (κ2) is 5.98. The zero-order valence-electron chi connectivity index (χ0n) is 11.1. The number of halogens is 2. The third-order valence-electron chi connectivity index (χ3n) is 3.03. The molecular weight excluding hydrogens is 324 g/mol. The quantitative estimate of drug-likeness (QED) is 0.601. The van der Waals surface area contributed by atoms with Gasteiger partial charge in [0, 0.05) is 0 Å². The molecule has 2 aromatic carbocycles. The van der Waals surface area contributed by atoms with Crippen LogP contribution in [-0.4, -0.2) is 10.2 Å². The van der Waals surface area contributed by atoms with Crippen molar-refractivity contribution in [1.29, 1.82) is 0 Å². The Morgan fingerprint density at radius 2 is 1.86 bits per heavy atom. The molecule has 1 amide bonds. The molecule has 0 spiro atoms. The summed E-state index contributed by atoms with van der Waals surface area (Å²) < 4.78 is 27.3. The van der Waals surface area contributed by atoms with Crippen molar-refractivity contribution in [2.45, 2.75) is 0 Å². The normalized spacial score (nSPS) is 16.6. The van der Waals surface area contributed by atoms with Gasteiger partial charge in [-0.1, -0.05) is 48.2 Å². The predicted molar refractivity (Wildman–Crippen MR) is 88.5 cm³/mol. The van der Waals surface area contributed by atoms with E-state index in [9.17, 15) is 13.6 Å². The highest BCUT2D eigenvalue weighted by atomic mass is 32.2. The number of rotatable bonds is 2. The Balaban J connectivity index is 1.97. The van der Waals surface area contributed by atoms with Crippen LogP contribution in [0.15, 0.2) is 53.4 Å². The molecule has 2 aromatic rings. The molecule has 110 valence electrons. The monoisotopic (exact) mass is 333 g/mol. The van der Waals surface area contributed by atoms with Crippen LogP contribution in [0.3, 0.4) is 0 Å². The molecular formula is C16H9F2NOS2. The first-order valence-electron chi connectivity index (χ1n) is 6.34. The smallest absolute Gasteiger partial charge is 0.268 e. The van der Waals surface area contributed by atoms with Gasteiger partial charge in [0.05, 0.1) is 10.6 Å². The summed E-state index contributed by atoms with van der Waals surface area (Å²) in [5.74, 6) is -1.33. The minimum Gasteiger partial charge on any atom is -0.268 e. The van der Waals surface area contributed by atoms with Gasteiger partial charge in [0.1, 0.15) is 11.6 Å². The van der Waals surface area contributed by atoms with E-state index in [1.807, 2.05) is 0 Å². The molecule has 6 heteroatoms. The van der Waals surface area contributed by atoms with Crippen LogP contribution in [0.2, 0.25) is 0 Å². The fourth-order valence-corrected chi connectivity index (χ4v) is 3.34. The van der Waals surface area contributed by atoms with Crippen LogP contribution in [-0.2, 0) is 4.79 Å². The van der Waals surface area contributed by atoms with Crippen molar-refractivity contribution in [1.82, 2.24) is 0 Å². The molecule has 0 N–H and O–H groups in total. The highest BCUT2D eigenvalue weighted by molar-refractivity contribution is 8.27. The van der Waals surface area contributed by atoms with Crippen molar-refractivity contribution in [3.63, 3.8) is 0 Å². The summed E-state index contributed by atoms with van der Waals surface area (Å²) in [5.41, 5.74) is 0.668. The van der Waals surface area contributed by atoms with E-state index in [0.29, 0.717) is 10.5 Å². The first-order chi connectivity index (χ1) is 10.6. The maximum atomic E-state index is 13.9. The molecule has 0 saturated carbocycles. The Kier molecular flexibility index (Phi) is 4.04. The molecule has 1 heterocycles. The summed E-state index contributed by atoms with van der Waals surface area (Å²) in [6.45, 7) is 0. The van der Waals surface area contributed by atoms with Crippen LogP contribution in [0.4, 0.5) is 14.5 Å². The highest BCUT2D eigenvalue weighted by Crippen LogP contribution is 2.36. The number of anilines is 1. The number of amides is 1. The number of hydrogen-bond acceptors (Lipinski definition) is 3. The van der Waals surface area contributed by atoms with Gasteiger partial charge in [-0.15, -0.1) is 0 Å². The third-order valence-corrected chi connectivity index (χ3v) is 4.34. The summed E-state index contributed by atoms with van der Waals surface area (Å²) in [6, 6.07) is 11.8. The minimum absolute atomic E-state index is 0.118.